The van der Waals surface area contributed by atoms with E-state index >= 15 is 0 Å². The molecule has 0 aliphatic heterocycles. The van der Waals surface area contributed by atoms with Crippen molar-refractivity contribution in [3.05, 3.63) is 54.5 Å². The van der Waals surface area contributed by atoms with Crippen LogP contribution in [0.3, 0.4) is 0 Å². The van der Waals surface area contributed by atoms with Crippen LogP contribution in [-0.2, 0) is 0 Å². The number of hydrogen-bond donors (Lipinski definition) is 1. The predicted molar refractivity (Wildman–Crippen MR) is 84.1 cm³/mol. The highest BCUT2D eigenvalue weighted by Crippen LogP contribution is 2.28. The zero-order valence-electron chi connectivity index (χ0n) is 12.1. The Balaban J connectivity index is 2.18. The fourth-order valence-electron chi connectivity index (χ4n) is 2.25. The molecule has 0 aliphatic carbocycles. The highest BCUT2D eigenvalue weighted by atomic mass is 16.3. The monoisotopic (exact) mass is 279 g/mol. The lowest BCUT2D eigenvalue weighted by Gasteiger charge is -2.13. The van der Waals surface area contributed by atoms with Gasteiger partial charge in [-0.2, -0.15) is 0 Å². The molecule has 21 heavy (non-hydrogen) atoms. The lowest BCUT2D eigenvalue weighted by molar-refractivity contribution is 0.568. The van der Waals surface area contributed by atoms with E-state index in [0.717, 1.165) is 34.7 Å². The summed E-state index contributed by atoms with van der Waals surface area (Å²) in [6, 6.07) is 12.0. The third-order valence-electron chi connectivity index (χ3n) is 3.32. The third-order valence-corrected chi connectivity index (χ3v) is 3.32. The van der Waals surface area contributed by atoms with Crippen molar-refractivity contribution in [3.63, 3.8) is 0 Å². The van der Waals surface area contributed by atoms with Gasteiger partial charge in [-0.15, -0.1) is 0 Å². The average molecular weight is 279 g/mol. The van der Waals surface area contributed by atoms with Gasteiger partial charge in [0.2, 0.25) is 0 Å². The molecule has 0 bridgehead atoms. The van der Waals surface area contributed by atoms with Crippen LogP contribution in [0.5, 0.6) is 0 Å². The van der Waals surface area contributed by atoms with E-state index in [9.17, 15) is 0 Å². The Morgan fingerprint density at radius 3 is 2.52 bits per heavy atom. The maximum atomic E-state index is 5.14. The van der Waals surface area contributed by atoms with E-state index in [1.54, 1.807) is 12.5 Å². The quantitative estimate of drug-likeness (QED) is 0.779. The molecule has 1 N–H and O–H groups in total. The first-order valence-corrected chi connectivity index (χ1v) is 7.00. The molecule has 0 saturated carbocycles. The van der Waals surface area contributed by atoms with E-state index in [1.165, 1.54) is 0 Å². The summed E-state index contributed by atoms with van der Waals surface area (Å²) in [7, 11) is 0. The summed E-state index contributed by atoms with van der Waals surface area (Å²) in [4.78, 5) is 9.33. The van der Waals surface area contributed by atoms with Gasteiger partial charge >= 0.3 is 0 Å². The van der Waals surface area contributed by atoms with Crippen LogP contribution >= 0.6 is 0 Å². The zero-order valence-corrected chi connectivity index (χ0v) is 12.1. The molecule has 4 nitrogen and oxygen atoms in total. The van der Waals surface area contributed by atoms with Crippen LogP contribution in [0.1, 0.15) is 12.5 Å². The summed E-state index contributed by atoms with van der Waals surface area (Å²) in [6.45, 7) is 4.91. The van der Waals surface area contributed by atoms with Crippen molar-refractivity contribution >= 4 is 5.82 Å². The summed E-state index contributed by atoms with van der Waals surface area (Å²) in [6.07, 6.45) is 3.29. The lowest BCUT2D eigenvalue weighted by Crippen LogP contribution is -2.06. The first-order chi connectivity index (χ1) is 10.3. The molecule has 0 unspecified atom stereocenters. The number of anilines is 1. The molecule has 0 amide bonds. The van der Waals surface area contributed by atoms with Crippen LogP contribution in [0.2, 0.25) is 0 Å². The molecule has 0 spiro atoms. The molecular formula is C17H17N3O. The molecule has 3 rings (SSSR count). The van der Waals surface area contributed by atoms with Crippen molar-refractivity contribution in [2.24, 2.45) is 0 Å². The summed E-state index contributed by atoms with van der Waals surface area (Å²) in [5, 5.41) is 3.31. The fourth-order valence-corrected chi connectivity index (χ4v) is 2.25. The van der Waals surface area contributed by atoms with Crippen LogP contribution in [0.4, 0.5) is 5.82 Å². The maximum Gasteiger partial charge on any atom is 0.165 e. The van der Waals surface area contributed by atoms with Gasteiger partial charge in [0.1, 0.15) is 12.1 Å². The summed E-state index contributed by atoms with van der Waals surface area (Å²) in [5.41, 5.74) is 3.96. The van der Waals surface area contributed by atoms with Gasteiger partial charge in [-0.05, 0) is 19.9 Å². The fraction of sp³-hybridized carbons (Fsp3) is 0.176. The Hall–Kier alpha value is -2.62. The first kappa shape index (κ1) is 13.4. The zero-order chi connectivity index (χ0) is 14.7. The highest BCUT2D eigenvalue weighted by Gasteiger charge is 2.13. The van der Waals surface area contributed by atoms with Gasteiger partial charge in [0.25, 0.3) is 0 Å². The number of benzene rings is 1. The van der Waals surface area contributed by atoms with Crippen molar-refractivity contribution < 1.29 is 4.42 Å². The number of hydrogen-bond acceptors (Lipinski definition) is 4. The maximum absolute atomic E-state index is 5.14. The van der Waals surface area contributed by atoms with Gasteiger partial charge in [-0.1, -0.05) is 30.3 Å². The summed E-state index contributed by atoms with van der Waals surface area (Å²) < 4.78 is 5.14. The van der Waals surface area contributed by atoms with Gasteiger partial charge < -0.3 is 9.73 Å². The molecule has 106 valence electrons. The van der Waals surface area contributed by atoms with Crippen LogP contribution in [0.15, 0.2) is 53.3 Å². The van der Waals surface area contributed by atoms with Crippen LogP contribution in [0, 0.1) is 6.92 Å². The largest absolute Gasteiger partial charge is 0.472 e. The molecule has 0 saturated heterocycles. The summed E-state index contributed by atoms with van der Waals surface area (Å²) >= 11 is 0. The second-order valence-electron chi connectivity index (χ2n) is 4.78. The molecular weight excluding hydrogens is 262 g/mol. The van der Waals surface area contributed by atoms with Crippen molar-refractivity contribution in [2.45, 2.75) is 13.8 Å². The van der Waals surface area contributed by atoms with E-state index in [1.807, 2.05) is 31.2 Å². The van der Waals surface area contributed by atoms with Crippen LogP contribution < -0.4 is 5.32 Å². The Bertz CT molecular complexity index is 721. The molecule has 0 fully saturated rings. The van der Waals surface area contributed by atoms with Gasteiger partial charge in [0.05, 0.1) is 17.5 Å². The molecule has 2 heterocycles. The van der Waals surface area contributed by atoms with Crippen LogP contribution in [0.25, 0.3) is 22.6 Å². The van der Waals surface area contributed by atoms with Crippen LogP contribution in [-0.4, -0.2) is 16.5 Å². The SMILES string of the molecule is CCNc1nc(-c2ccoc2)nc(-c2ccccc2)c1C. The van der Waals surface area contributed by atoms with Crippen molar-refractivity contribution in [1.82, 2.24) is 9.97 Å². The van der Waals surface area contributed by atoms with Gasteiger partial charge in [-0.3, -0.25) is 0 Å². The number of nitrogens with zero attached hydrogens (tertiary/aromatic N) is 2. The number of nitrogens with one attached hydrogen (secondary N) is 1. The van der Waals surface area contributed by atoms with E-state index in [0.29, 0.717) is 5.82 Å². The van der Waals surface area contributed by atoms with E-state index in [-0.39, 0.29) is 0 Å². The molecule has 0 aliphatic rings. The topological polar surface area (TPSA) is 51.0 Å². The third kappa shape index (κ3) is 2.65. The van der Waals surface area contributed by atoms with E-state index < -0.39 is 0 Å². The Kier molecular flexibility index (Phi) is 3.69. The molecule has 2 aromatic heterocycles. The van der Waals surface area contributed by atoms with Crippen molar-refractivity contribution in [2.75, 3.05) is 11.9 Å². The Morgan fingerprint density at radius 2 is 1.86 bits per heavy atom. The molecule has 1 aromatic carbocycles. The summed E-state index contributed by atoms with van der Waals surface area (Å²) in [5.74, 6) is 1.53. The molecule has 3 aromatic rings. The Labute approximate surface area is 123 Å². The smallest absolute Gasteiger partial charge is 0.165 e. The minimum Gasteiger partial charge on any atom is -0.472 e. The molecule has 4 heteroatoms. The average Bonchev–Trinajstić information content (AvgIpc) is 3.05. The first-order valence-electron chi connectivity index (χ1n) is 7.00. The van der Waals surface area contributed by atoms with E-state index in [2.05, 4.69) is 29.4 Å². The highest BCUT2D eigenvalue weighted by molar-refractivity contribution is 5.71. The number of aromatic nitrogens is 2. The molecule has 0 atom stereocenters. The second kappa shape index (κ2) is 5.79. The normalized spacial score (nSPS) is 10.6. The predicted octanol–water partition coefficient (Wildman–Crippen LogP) is 4.14. The van der Waals surface area contributed by atoms with Crippen molar-refractivity contribution in [3.8, 4) is 22.6 Å². The number of rotatable bonds is 4. The lowest BCUT2D eigenvalue weighted by atomic mass is 10.1. The minimum atomic E-state index is 0.671. The van der Waals surface area contributed by atoms with E-state index in [4.69, 9.17) is 9.40 Å². The van der Waals surface area contributed by atoms with Crippen molar-refractivity contribution in [1.29, 1.82) is 0 Å². The van der Waals surface area contributed by atoms with Gasteiger partial charge in [-0.25, -0.2) is 9.97 Å². The molecule has 0 radical (unpaired) electrons. The second-order valence-corrected chi connectivity index (χ2v) is 4.78. The number of furan rings is 1. The van der Waals surface area contributed by atoms with Gasteiger partial charge in [0.15, 0.2) is 5.82 Å². The standard InChI is InChI=1S/C17H17N3O/c1-3-18-16-12(2)15(13-7-5-4-6-8-13)19-17(20-16)14-9-10-21-11-14/h4-11H,3H2,1-2H3,(H,18,19,20). The minimum absolute atomic E-state index is 0.671. The Morgan fingerprint density at radius 1 is 1.05 bits per heavy atom. The van der Waals surface area contributed by atoms with Gasteiger partial charge in [0, 0.05) is 17.7 Å².